The molecular weight excluding hydrogens is 733 g/mol. The first-order chi connectivity index (χ1) is 27.6. The van der Waals surface area contributed by atoms with Crippen molar-refractivity contribution in [3.05, 3.63) is 0 Å². The fraction of sp³-hybridized carbons (Fsp3) is 1.00. The second kappa shape index (κ2) is 25.8. The SMILES string of the molecule is CC(C)C(C(C)C)C(C(C(C)C)C(C)C)C(C(C(C(C)C)C(C)C)C(C(C)C)C(C)C)(C(C(C(C)C)C(C)C)C(C(C)C)C(C)C)C(C(C(C)C)C(C)C)C(C(C)C)C(C)C. The zero-order valence-electron chi connectivity index (χ0n) is 48.7. The number of rotatable bonds is 28. The predicted octanol–water partition coefficient (Wildman–Crippen LogP) is 19.9. The summed E-state index contributed by atoms with van der Waals surface area (Å²) in [5.74, 6) is 16.8. The summed E-state index contributed by atoms with van der Waals surface area (Å²) >= 11 is 0. The monoisotopic (exact) mass is 857 g/mol. The second-order valence-corrected chi connectivity index (χ2v) is 27.6. The molecule has 0 N–H and O–H groups in total. The Balaban J connectivity index is 11.6. The van der Waals surface area contributed by atoms with Gasteiger partial charge in [-0.05, 0) is 171 Å². The highest BCUT2D eigenvalue weighted by molar-refractivity contribution is 5.16. The lowest BCUT2D eigenvalue weighted by molar-refractivity contribution is -0.253. The van der Waals surface area contributed by atoms with Crippen LogP contribution in [0.5, 0.6) is 0 Å². The highest BCUT2D eigenvalue weighted by atomic mass is 14.7. The summed E-state index contributed by atoms with van der Waals surface area (Å²) in [7, 11) is 0. The van der Waals surface area contributed by atoms with Gasteiger partial charge in [0.25, 0.3) is 0 Å². The van der Waals surface area contributed by atoms with Crippen LogP contribution in [0.2, 0.25) is 0 Å². The summed E-state index contributed by atoms with van der Waals surface area (Å²) in [4.78, 5) is 0. The summed E-state index contributed by atoms with van der Waals surface area (Å²) in [5.41, 5.74) is 0.0493. The molecule has 0 bridgehead atoms. The van der Waals surface area contributed by atoms with E-state index in [1.807, 2.05) is 0 Å². The van der Waals surface area contributed by atoms with Gasteiger partial charge in [-0.1, -0.05) is 222 Å². The van der Waals surface area contributed by atoms with Crippen molar-refractivity contribution >= 4 is 0 Å². The van der Waals surface area contributed by atoms with Crippen LogP contribution >= 0.6 is 0 Å². The molecule has 0 nitrogen and oxygen atoms in total. The topological polar surface area (TPSA) is 0 Å². The molecule has 0 aliphatic carbocycles. The van der Waals surface area contributed by atoms with Crippen molar-refractivity contribution < 1.29 is 0 Å². The van der Waals surface area contributed by atoms with Crippen LogP contribution in [0.3, 0.4) is 0 Å². The molecule has 0 rings (SSSR count). The lowest BCUT2D eigenvalue weighted by Crippen LogP contribution is -2.68. The van der Waals surface area contributed by atoms with E-state index in [0.29, 0.717) is 166 Å². The standard InChI is InChI=1S/C61H124/c1-33(2)49(34(3)4)57(50(35(5)6)36(7)8)61(58(51(37(9)10)38(11)12)52(39(13)14)40(15)16,59(53(41(17)18)42(19)20)54(43(21)22)44(23)24)60(55(45(25)26)46(27)28)56(47(29)30)48(31)32/h33-60H,1-32H3. The van der Waals surface area contributed by atoms with Crippen molar-refractivity contribution in [3.63, 3.8) is 0 Å². The van der Waals surface area contributed by atoms with Crippen molar-refractivity contribution in [2.24, 2.45) is 171 Å². The quantitative estimate of drug-likeness (QED) is 0.0735. The van der Waals surface area contributed by atoms with Crippen molar-refractivity contribution in [3.8, 4) is 0 Å². The molecule has 0 atom stereocenters. The summed E-state index contributed by atoms with van der Waals surface area (Å²) in [5, 5.41) is 0. The van der Waals surface area contributed by atoms with Gasteiger partial charge in [-0.3, -0.25) is 0 Å². The van der Waals surface area contributed by atoms with E-state index in [2.05, 4.69) is 222 Å². The fourth-order valence-electron chi connectivity index (χ4n) is 17.8. The second-order valence-electron chi connectivity index (χ2n) is 27.6. The van der Waals surface area contributed by atoms with Crippen molar-refractivity contribution in [1.29, 1.82) is 0 Å². The van der Waals surface area contributed by atoms with Gasteiger partial charge in [0, 0.05) is 0 Å². The van der Waals surface area contributed by atoms with Gasteiger partial charge < -0.3 is 0 Å². The zero-order valence-corrected chi connectivity index (χ0v) is 48.7. The maximum atomic E-state index is 2.68. The Morgan fingerprint density at radius 2 is 0.197 bits per heavy atom. The summed E-state index contributed by atoms with van der Waals surface area (Å²) in [6.07, 6.45) is 0. The lowest BCUT2D eigenvalue weighted by Gasteiger charge is -2.72. The Morgan fingerprint density at radius 3 is 0.246 bits per heavy atom. The smallest absolute Gasteiger partial charge is 0.0162 e. The molecule has 0 aromatic rings. The van der Waals surface area contributed by atoms with Crippen LogP contribution < -0.4 is 0 Å². The Bertz CT molecular complexity index is 809. The molecule has 0 saturated heterocycles. The van der Waals surface area contributed by atoms with E-state index in [1.54, 1.807) is 0 Å². The maximum Gasteiger partial charge on any atom is -0.0162 e. The van der Waals surface area contributed by atoms with E-state index in [0.717, 1.165) is 0 Å². The first-order valence-electron chi connectivity index (χ1n) is 27.6. The van der Waals surface area contributed by atoms with Gasteiger partial charge in [0.2, 0.25) is 0 Å². The Hall–Kier alpha value is 0. The van der Waals surface area contributed by atoms with Crippen LogP contribution in [-0.4, -0.2) is 0 Å². The van der Waals surface area contributed by atoms with E-state index in [-0.39, 0.29) is 5.41 Å². The van der Waals surface area contributed by atoms with Crippen molar-refractivity contribution in [2.75, 3.05) is 0 Å². The molecule has 0 aromatic heterocycles. The highest BCUT2D eigenvalue weighted by Gasteiger charge is 2.69. The summed E-state index contributed by atoms with van der Waals surface area (Å²) in [6, 6.07) is 0. The van der Waals surface area contributed by atoms with Crippen LogP contribution in [0.25, 0.3) is 0 Å². The minimum absolute atomic E-state index is 0.0493. The van der Waals surface area contributed by atoms with Gasteiger partial charge in [-0.15, -0.1) is 0 Å². The lowest BCUT2D eigenvalue weighted by atomic mass is 9.32. The number of hydrogen-bond acceptors (Lipinski definition) is 0. The minimum atomic E-state index is 0.0493. The molecule has 0 heterocycles. The fourth-order valence-corrected chi connectivity index (χ4v) is 17.8. The molecule has 0 aliphatic rings. The summed E-state index contributed by atoms with van der Waals surface area (Å²) < 4.78 is 0. The Morgan fingerprint density at radius 1 is 0.131 bits per heavy atom. The average molecular weight is 858 g/mol. The Labute approximate surface area is 391 Å². The molecule has 0 heteroatoms. The van der Waals surface area contributed by atoms with Crippen molar-refractivity contribution in [1.82, 2.24) is 0 Å². The minimum Gasteiger partial charge on any atom is -0.0625 e. The molecule has 0 aromatic carbocycles. The highest BCUT2D eigenvalue weighted by Crippen LogP contribution is 2.73. The molecule has 0 unspecified atom stereocenters. The van der Waals surface area contributed by atoms with Crippen molar-refractivity contribution in [2.45, 2.75) is 222 Å². The molecule has 0 aliphatic heterocycles. The van der Waals surface area contributed by atoms with Gasteiger partial charge in [-0.25, -0.2) is 0 Å². The van der Waals surface area contributed by atoms with Crippen LogP contribution in [0.15, 0.2) is 0 Å². The molecule has 61 heavy (non-hydrogen) atoms. The van der Waals surface area contributed by atoms with Gasteiger partial charge in [0.15, 0.2) is 0 Å². The van der Waals surface area contributed by atoms with Crippen LogP contribution in [0, 0.1) is 171 Å². The van der Waals surface area contributed by atoms with E-state index in [1.165, 1.54) is 0 Å². The molecule has 368 valence electrons. The third kappa shape index (κ3) is 14.0. The van der Waals surface area contributed by atoms with E-state index in [9.17, 15) is 0 Å². The van der Waals surface area contributed by atoms with Crippen LogP contribution in [0.1, 0.15) is 222 Å². The predicted molar refractivity (Wildman–Crippen MR) is 282 cm³/mol. The Kier molecular flexibility index (Phi) is 25.8. The molecular formula is C61H124. The van der Waals surface area contributed by atoms with Crippen LogP contribution in [0.4, 0.5) is 0 Å². The maximum absolute atomic E-state index is 2.68. The van der Waals surface area contributed by atoms with E-state index >= 15 is 0 Å². The summed E-state index contributed by atoms with van der Waals surface area (Å²) in [6.45, 7) is 85.8. The van der Waals surface area contributed by atoms with Gasteiger partial charge in [0.05, 0.1) is 0 Å². The van der Waals surface area contributed by atoms with Crippen LogP contribution in [-0.2, 0) is 0 Å². The first-order valence-corrected chi connectivity index (χ1v) is 27.6. The largest absolute Gasteiger partial charge is 0.0625 e. The molecule has 0 amide bonds. The molecule has 0 spiro atoms. The zero-order chi connectivity index (χ0) is 48.7. The average Bonchev–Trinajstić information content (AvgIpc) is 3.02. The number of hydrogen-bond donors (Lipinski definition) is 0. The third-order valence-electron chi connectivity index (χ3n) is 17.9. The molecule has 0 fully saturated rings. The van der Waals surface area contributed by atoms with Gasteiger partial charge >= 0.3 is 0 Å². The third-order valence-corrected chi connectivity index (χ3v) is 17.9. The molecule has 0 saturated carbocycles. The molecule has 0 radical (unpaired) electrons. The first kappa shape index (κ1) is 61.0. The normalized spacial score (nSPS) is 14.8. The van der Waals surface area contributed by atoms with E-state index in [4.69, 9.17) is 0 Å². The van der Waals surface area contributed by atoms with Gasteiger partial charge in [-0.2, -0.15) is 0 Å². The van der Waals surface area contributed by atoms with Gasteiger partial charge in [0.1, 0.15) is 0 Å². The van der Waals surface area contributed by atoms with E-state index < -0.39 is 0 Å².